The van der Waals surface area contributed by atoms with Gasteiger partial charge in [0.15, 0.2) is 8.32 Å². The van der Waals surface area contributed by atoms with Gasteiger partial charge in [-0.2, -0.15) is 0 Å². The van der Waals surface area contributed by atoms with Gasteiger partial charge < -0.3 is 24.1 Å². The van der Waals surface area contributed by atoms with Crippen molar-refractivity contribution in [2.45, 2.75) is 74.0 Å². The van der Waals surface area contributed by atoms with Crippen molar-refractivity contribution in [3.05, 3.63) is 60.9 Å². The summed E-state index contributed by atoms with van der Waals surface area (Å²) in [5.41, 5.74) is -0.406. The molecule has 5 atom stereocenters. The minimum absolute atomic E-state index is 0.00652. The van der Waals surface area contributed by atoms with Gasteiger partial charge in [-0.1, -0.05) is 79.8 Å². The van der Waals surface area contributed by atoms with Crippen LogP contribution in [0.2, 0.25) is 18.1 Å². The van der Waals surface area contributed by atoms with Crippen LogP contribution in [0.4, 0.5) is 0 Å². The molecule has 38 heavy (non-hydrogen) atoms. The zero-order valence-corrected chi connectivity index (χ0v) is 26.2. The quantitative estimate of drug-likeness (QED) is 0.101. The summed E-state index contributed by atoms with van der Waals surface area (Å²) >= 11 is 2.20. The summed E-state index contributed by atoms with van der Waals surface area (Å²) in [4.78, 5) is 40.9. The molecule has 0 aliphatic carbocycles. The Kier molecular flexibility index (Phi) is 9.65. The summed E-state index contributed by atoms with van der Waals surface area (Å²) in [6, 6.07) is 8.57. The number of carbonyl (C=O) groups excluding carboxylic acids is 3. The Hall–Kier alpha value is -2.02. The number of fused-ring (bicyclic) bond motifs is 1. The van der Waals surface area contributed by atoms with Crippen LogP contribution >= 0.6 is 22.6 Å². The van der Waals surface area contributed by atoms with E-state index in [2.05, 4.69) is 68.4 Å². The molecule has 2 aliphatic heterocycles. The highest BCUT2D eigenvalue weighted by molar-refractivity contribution is 14.1. The van der Waals surface area contributed by atoms with Gasteiger partial charge in [-0.15, -0.1) is 6.58 Å². The first-order valence-electron chi connectivity index (χ1n) is 12.8. The van der Waals surface area contributed by atoms with Gasteiger partial charge in [-0.3, -0.25) is 14.4 Å². The number of amides is 2. The molecule has 2 heterocycles. The summed E-state index contributed by atoms with van der Waals surface area (Å²) in [5, 5.41) is 3.00. The van der Waals surface area contributed by atoms with Crippen molar-refractivity contribution in [3.63, 3.8) is 0 Å². The maximum absolute atomic E-state index is 13.9. The molecule has 208 valence electrons. The van der Waals surface area contributed by atoms with E-state index in [0.29, 0.717) is 13.2 Å². The number of nitrogens with zero attached hydrogens (tertiary/aromatic N) is 1. The molecule has 0 saturated carbocycles. The van der Waals surface area contributed by atoms with Crippen LogP contribution in [0.15, 0.2) is 55.3 Å². The van der Waals surface area contributed by atoms with Crippen LogP contribution in [0.3, 0.4) is 0 Å². The van der Waals surface area contributed by atoms with Gasteiger partial charge in [0.05, 0.1) is 28.8 Å². The smallest absolute Gasteiger partial charge is 0.307 e. The van der Waals surface area contributed by atoms with Crippen molar-refractivity contribution in [3.8, 4) is 0 Å². The van der Waals surface area contributed by atoms with Crippen LogP contribution in [-0.4, -0.2) is 65.8 Å². The summed E-state index contributed by atoms with van der Waals surface area (Å²) in [6.45, 7) is 16.8. The average Bonchev–Trinajstić information content (AvgIpc) is 3.25. The minimum atomic E-state index is -2.07. The zero-order valence-electron chi connectivity index (χ0n) is 23.0. The highest BCUT2D eigenvalue weighted by atomic mass is 127. The fraction of sp³-hybridized carbons (Fsp3) is 0.536. The monoisotopic (exact) mass is 654 g/mol. The van der Waals surface area contributed by atoms with Crippen LogP contribution in [0.5, 0.6) is 0 Å². The molecule has 8 nitrogen and oxygen atoms in total. The molecular weight excluding hydrogens is 615 g/mol. The van der Waals surface area contributed by atoms with E-state index in [1.807, 2.05) is 30.3 Å². The molecule has 1 N–H and O–H groups in total. The summed E-state index contributed by atoms with van der Waals surface area (Å²) in [6.07, 6.45) is 3.97. The van der Waals surface area contributed by atoms with Crippen molar-refractivity contribution in [2.75, 3.05) is 13.2 Å². The molecule has 0 radical (unpaired) electrons. The van der Waals surface area contributed by atoms with E-state index in [0.717, 1.165) is 5.56 Å². The van der Waals surface area contributed by atoms with E-state index in [1.165, 1.54) is 13.2 Å². The van der Waals surface area contributed by atoms with Gasteiger partial charge in [-0.05, 0) is 29.8 Å². The Morgan fingerprint density at radius 3 is 2.50 bits per heavy atom. The lowest BCUT2D eigenvalue weighted by Crippen LogP contribution is -2.56. The van der Waals surface area contributed by atoms with Crippen LogP contribution in [0, 0.1) is 5.92 Å². The van der Waals surface area contributed by atoms with E-state index < -0.39 is 38.0 Å². The van der Waals surface area contributed by atoms with Crippen molar-refractivity contribution in [1.29, 1.82) is 0 Å². The fourth-order valence-electron chi connectivity index (χ4n) is 4.66. The third-order valence-electron chi connectivity index (χ3n) is 7.70. The number of likely N-dealkylation sites (tertiary alicyclic amines) is 1. The molecular formula is C28H39IN2O6Si. The van der Waals surface area contributed by atoms with Crippen LogP contribution < -0.4 is 5.32 Å². The number of esters is 1. The fourth-order valence-corrected chi connectivity index (χ4v) is 7.00. The highest BCUT2D eigenvalue weighted by Gasteiger charge is 2.68. The van der Waals surface area contributed by atoms with Gasteiger partial charge in [0.25, 0.3) is 0 Å². The first-order valence-corrected chi connectivity index (χ1v) is 17.0. The molecule has 3 rings (SSSR count). The number of ether oxygens (including phenoxy) is 2. The standard InChI is InChI=1S/C28H39IN2O6Si/c1-8-21-23(29)22-26(34)31(15-17-36-38(6,7)27(3,4)5)24(28(22,37-21)14-16-35-19(2)32)25(33)30-18-20-12-10-9-11-13-20/h8-14,16,21-24H,1,15,17-18H2,2-7H3,(H,30,33)/t21-,22+,23-,24-,28+/m0/s1. The molecule has 10 heteroatoms. The number of benzene rings is 1. The second-order valence-corrected chi connectivity index (χ2v) is 17.5. The molecule has 0 unspecified atom stereocenters. The Balaban J connectivity index is 1.96. The third kappa shape index (κ3) is 6.24. The van der Waals surface area contributed by atoms with E-state index in [9.17, 15) is 14.4 Å². The SMILES string of the molecule is C=C[C@@H]1O[C@@]2(C=COC(C)=O)[C@H](C(=O)NCc3ccccc3)N(CCO[Si](C)(C)C(C)(C)C)C(=O)[C@H]2[C@H]1I. The van der Waals surface area contributed by atoms with E-state index in [-0.39, 0.29) is 27.3 Å². The molecule has 1 aromatic carbocycles. The lowest BCUT2D eigenvalue weighted by atomic mass is 9.84. The number of nitrogens with one attached hydrogen (secondary N) is 1. The van der Waals surface area contributed by atoms with Gasteiger partial charge in [0, 0.05) is 20.0 Å². The van der Waals surface area contributed by atoms with Gasteiger partial charge in [0.2, 0.25) is 11.8 Å². The number of hydrogen-bond donors (Lipinski definition) is 1. The predicted octanol–water partition coefficient (Wildman–Crippen LogP) is 4.36. The second kappa shape index (κ2) is 12.0. The first kappa shape index (κ1) is 30.5. The zero-order chi connectivity index (χ0) is 28.3. The summed E-state index contributed by atoms with van der Waals surface area (Å²) < 4.78 is 17.6. The van der Waals surface area contributed by atoms with E-state index >= 15 is 0 Å². The molecule has 2 aliphatic rings. The third-order valence-corrected chi connectivity index (χ3v) is 13.7. The minimum Gasteiger partial charge on any atom is -0.435 e. The second-order valence-electron chi connectivity index (χ2n) is 11.3. The summed E-state index contributed by atoms with van der Waals surface area (Å²) in [5.74, 6) is -1.72. The maximum Gasteiger partial charge on any atom is 0.307 e. The molecule has 0 bridgehead atoms. The number of alkyl halides is 1. The molecule has 0 spiro atoms. The highest BCUT2D eigenvalue weighted by Crippen LogP contribution is 2.51. The lowest BCUT2D eigenvalue weighted by molar-refractivity contribution is -0.140. The molecule has 2 saturated heterocycles. The Morgan fingerprint density at radius 2 is 1.92 bits per heavy atom. The Bertz CT molecular complexity index is 1070. The van der Waals surface area contributed by atoms with E-state index in [1.54, 1.807) is 17.1 Å². The van der Waals surface area contributed by atoms with Gasteiger partial charge >= 0.3 is 5.97 Å². The van der Waals surface area contributed by atoms with Crippen molar-refractivity contribution in [1.82, 2.24) is 10.2 Å². The average molecular weight is 655 g/mol. The Labute approximate surface area is 240 Å². The maximum atomic E-state index is 13.9. The molecule has 2 amide bonds. The normalized spacial score (nSPS) is 27.4. The topological polar surface area (TPSA) is 94.2 Å². The van der Waals surface area contributed by atoms with Crippen LogP contribution in [0.1, 0.15) is 33.3 Å². The van der Waals surface area contributed by atoms with Crippen molar-refractivity contribution >= 4 is 48.7 Å². The Morgan fingerprint density at radius 1 is 1.26 bits per heavy atom. The van der Waals surface area contributed by atoms with Crippen LogP contribution in [0.25, 0.3) is 0 Å². The largest absolute Gasteiger partial charge is 0.435 e. The van der Waals surface area contributed by atoms with Crippen molar-refractivity contribution < 1.29 is 28.3 Å². The van der Waals surface area contributed by atoms with E-state index in [4.69, 9.17) is 13.9 Å². The van der Waals surface area contributed by atoms with Gasteiger partial charge in [-0.25, -0.2) is 0 Å². The van der Waals surface area contributed by atoms with Crippen LogP contribution in [-0.2, 0) is 34.8 Å². The number of hydrogen-bond acceptors (Lipinski definition) is 6. The number of halogens is 1. The first-order chi connectivity index (χ1) is 17.7. The lowest BCUT2D eigenvalue weighted by Gasteiger charge is -2.38. The number of rotatable bonds is 10. The van der Waals surface area contributed by atoms with Gasteiger partial charge in [0.1, 0.15) is 11.6 Å². The number of carbonyl (C=O) groups is 3. The summed E-state index contributed by atoms with van der Waals surface area (Å²) in [7, 11) is -2.07. The molecule has 0 aromatic heterocycles. The van der Waals surface area contributed by atoms with Crippen molar-refractivity contribution in [2.24, 2.45) is 5.92 Å². The molecule has 1 aromatic rings. The predicted molar refractivity (Wildman–Crippen MR) is 157 cm³/mol. The molecule has 2 fully saturated rings.